The number of hydrogen-bond acceptors (Lipinski definition) is 3. The van der Waals surface area contributed by atoms with Gasteiger partial charge >= 0.3 is 6.18 Å². The fourth-order valence-electron chi connectivity index (χ4n) is 2.74. The number of halogens is 3. The molecule has 0 aliphatic rings. The lowest BCUT2D eigenvalue weighted by Crippen LogP contribution is -2.38. The van der Waals surface area contributed by atoms with Crippen LogP contribution in [0, 0.1) is 0 Å². The van der Waals surface area contributed by atoms with Crippen LogP contribution in [-0.2, 0) is 34.7 Å². The first-order valence-electron chi connectivity index (χ1n) is 9.50. The molecule has 2 N–H and O–H groups in total. The number of aliphatic imine (C=N–C) groups is 1. The Morgan fingerprint density at radius 1 is 0.933 bits per heavy atom. The molecule has 2 aromatic rings. The first-order valence-corrected chi connectivity index (χ1v) is 11.6. The monoisotopic (exact) mass is 441 g/mol. The van der Waals surface area contributed by atoms with Gasteiger partial charge in [-0.2, -0.15) is 13.2 Å². The van der Waals surface area contributed by atoms with E-state index in [1.807, 2.05) is 19.1 Å². The van der Waals surface area contributed by atoms with E-state index in [0.717, 1.165) is 28.8 Å². The van der Waals surface area contributed by atoms with Crippen LogP contribution < -0.4 is 10.6 Å². The minimum atomic E-state index is -4.33. The van der Waals surface area contributed by atoms with Crippen molar-refractivity contribution in [2.75, 3.05) is 19.3 Å². The fourth-order valence-corrected chi connectivity index (χ4v) is 3.54. The third kappa shape index (κ3) is 8.44. The van der Waals surface area contributed by atoms with E-state index in [9.17, 15) is 21.6 Å². The quantitative estimate of drug-likeness (QED) is 0.486. The van der Waals surface area contributed by atoms with Crippen molar-refractivity contribution >= 4 is 15.8 Å². The molecule has 0 aliphatic carbocycles. The molecule has 2 aromatic carbocycles. The van der Waals surface area contributed by atoms with Gasteiger partial charge in [-0.25, -0.2) is 13.4 Å². The molecule has 0 fully saturated rings. The number of sulfone groups is 1. The second-order valence-electron chi connectivity index (χ2n) is 6.95. The van der Waals surface area contributed by atoms with Gasteiger partial charge < -0.3 is 10.6 Å². The van der Waals surface area contributed by atoms with E-state index in [2.05, 4.69) is 15.6 Å². The zero-order chi connectivity index (χ0) is 22.2. The zero-order valence-electron chi connectivity index (χ0n) is 17.0. The summed E-state index contributed by atoms with van der Waals surface area (Å²) in [6.07, 6.45) is -2.57. The van der Waals surface area contributed by atoms with Gasteiger partial charge in [-0.3, -0.25) is 0 Å². The molecule has 5 nitrogen and oxygen atoms in total. The molecule has 9 heteroatoms. The highest BCUT2D eigenvalue weighted by Crippen LogP contribution is 2.29. The first kappa shape index (κ1) is 23.7. The maximum Gasteiger partial charge on any atom is 0.416 e. The van der Waals surface area contributed by atoms with Crippen LogP contribution in [0.3, 0.4) is 0 Å². The summed E-state index contributed by atoms with van der Waals surface area (Å²) in [5, 5.41) is 6.29. The Morgan fingerprint density at radius 2 is 1.50 bits per heavy atom. The number of hydrogen-bond donors (Lipinski definition) is 2. The van der Waals surface area contributed by atoms with Crippen molar-refractivity contribution in [1.29, 1.82) is 0 Å². The molecule has 0 aliphatic heterocycles. The summed E-state index contributed by atoms with van der Waals surface area (Å²) in [6, 6.07) is 12.4. The summed E-state index contributed by atoms with van der Waals surface area (Å²) in [7, 11) is -3.07. The summed E-state index contributed by atoms with van der Waals surface area (Å²) < 4.78 is 60.6. The lowest BCUT2D eigenvalue weighted by Gasteiger charge is -2.12. The number of alkyl halides is 3. The van der Waals surface area contributed by atoms with Gasteiger partial charge in [0, 0.05) is 19.3 Å². The second-order valence-corrected chi connectivity index (χ2v) is 9.09. The number of nitrogens with zero attached hydrogens (tertiary/aromatic N) is 1. The molecule has 0 spiro atoms. The Morgan fingerprint density at radius 3 is 2.03 bits per heavy atom. The second kappa shape index (κ2) is 10.5. The molecule has 2 rings (SSSR count). The van der Waals surface area contributed by atoms with Crippen LogP contribution in [0.1, 0.15) is 29.2 Å². The minimum Gasteiger partial charge on any atom is -0.357 e. The zero-order valence-corrected chi connectivity index (χ0v) is 17.8. The summed E-state index contributed by atoms with van der Waals surface area (Å²) in [5.41, 5.74) is 1.81. The molecule has 0 saturated heterocycles. The maximum atomic E-state index is 12.6. The number of guanidine groups is 1. The maximum absolute atomic E-state index is 12.6. The molecule has 0 amide bonds. The standard InChI is InChI=1S/C21H26F3N3O2S/c1-3-25-20(26-13-12-16-8-10-19(11-9-16)21(22,23)24)27-14-17-4-6-18(7-5-17)15-30(2,28)29/h4-11H,3,12-15H2,1-2H3,(H2,25,26,27). The van der Waals surface area contributed by atoms with Crippen molar-refractivity contribution in [1.82, 2.24) is 10.6 Å². The predicted molar refractivity (Wildman–Crippen MR) is 113 cm³/mol. The molecule has 0 radical (unpaired) electrons. The summed E-state index contributed by atoms with van der Waals surface area (Å²) in [6.45, 7) is 3.53. The Bertz CT molecular complexity index is 939. The number of benzene rings is 2. The largest absolute Gasteiger partial charge is 0.416 e. The summed E-state index contributed by atoms with van der Waals surface area (Å²) in [5.74, 6) is 0.606. The predicted octanol–water partition coefficient (Wildman–Crippen LogP) is 3.55. The molecule has 0 saturated carbocycles. The Kier molecular flexibility index (Phi) is 8.28. The van der Waals surface area contributed by atoms with Gasteiger partial charge in [0.25, 0.3) is 0 Å². The van der Waals surface area contributed by atoms with Crippen molar-refractivity contribution < 1.29 is 21.6 Å². The van der Waals surface area contributed by atoms with Crippen LogP contribution in [-0.4, -0.2) is 33.7 Å². The third-order valence-corrected chi connectivity index (χ3v) is 5.06. The molecule has 30 heavy (non-hydrogen) atoms. The Hall–Kier alpha value is -2.55. The molecule has 0 unspecified atom stereocenters. The average Bonchev–Trinajstić information content (AvgIpc) is 2.66. The number of rotatable bonds is 8. The fraction of sp³-hybridized carbons (Fsp3) is 0.381. The normalized spacial score (nSPS) is 12.6. The molecule has 0 aromatic heterocycles. The minimum absolute atomic E-state index is 0.00466. The van der Waals surface area contributed by atoms with Crippen LogP contribution in [0.5, 0.6) is 0 Å². The smallest absolute Gasteiger partial charge is 0.357 e. The van der Waals surface area contributed by atoms with E-state index < -0.39 is 21.6 Å². The Labute approximate surface area is 175 Å². The van der Waals surface area contributed by atoms with E-state index in [0.29, 0.717) is 32.0 Å². The van der Waals surface area contributed by atoms with Crippen LogP contribution >= 0.6 is 0 Å². The topological polar surface area (TPSA) is 70.6 Å². The molecule has 164 valence electrons. The molecular weight excluding hydrogens is 415 g/mol. The van der Waals surface area contributed by atoms with Crippen molar-refractivity contribution in [3.63, 3.8) is 0 Å². The highest BCUT2D eigenvalue weighted by atomic mass is 32.2. The highest BCUT2D eigenvalue weighted by molar-refractivity contribution is 7.89. The van der Waals surface area contributed by atoms with Crippen molar-refractivity contribution in [3.05, 3.63) is 70.8 Å². The summed E-state index contributed by atoms with van der Waals surface area (Å²) in [4.78, 5) is 4.49. The van der Waals surface area contributed by atoms with Crippen LogP contribution in [0.15, 0.2) is 53.5 Å². The molecule has 0 bridgehead atoms. The van der Waals surface area contributed by atoms with Crippen LogP contribution in [0.2, 0.25) is 0 Å². The van der Waals surface area contributed by atoms with E-state index in [1.54, 1.807) is 12.1 Å². The lowest BCUT2D eigenvalue weighted by atomic mass is 10.1. The van der Waals surface area contributed by atoms with Crippen molar-refractivity contribution in [2.24, 2.45) is 4.99 Å². The lowest BCUT2D eigenvalue weighted by molar-refractivity contribution is -0.137. The first-order chi connectivity index (χ1) is 14.1. The molecule has 0 atom stereocenters. The van der Waals surface area contributed by atoms with Gasteiger partial charge in [-0.05, 0) is 42.2 Å². The van der Waals surface area contributed by atoms with Gasteiger partial charge in [-0.15, -0.1) is 0 Å². The molecular formula is C21H26F3N3O2S. The van der Waals surface area contributed by atoms with E-state index in [4.69, 9.17) is 0 Å². The van der Waals surface area contributed by atoms with Gasteiger partial charge in [0.05, 0.1) is 17.9 Å². The summed E-state index contributed by atoms with van der Waals surface area (Å²) >= 11 is 0. The van der Waals surface area contributed by atoms with Gasteiger partial charge in [0.15, 0.2) is 15.8 Å². The number of nitrogens with one attached hydrogen (secondary N) is 2. The average molecular weight is 442 g/mol. The molecule has 0 heterocycles. The Balaban J connectivity index is 1.89. The van der Waals surface area contributed by atoms with E-state index >= 15 is 0 Å². The van der Waals surface area contributed by atoms with Crippen LogP contribution in [0.4, 0.5) is 13.2 Å². The van der Waals surface area contributed by atoms with Crippen LogP contribution in [0.25, 0.3) is 0 Å². The van der Waals surface area contributed by atoms with Gasteiger partial charge in [0.1, 0.15) is 0 Å². The van der Waals surface area contributed by atoms with Gasteiger partial charge in [0.2, 0.25) is 0 Å². The van der Waals surface area contributed by atoms with Crippen molar-refractivity contribution in [3.8, 4) is 0 Å². The van der Waals surface area contributed by atoms with Gasteiger partial charge in [-0.1, -0.05) is 36.4 Å². The SMILES string of the molecule is CCNC(=NCc1ccc(CS(C)(=O)=O)cc1)NCCc1ccc(C(F)(F)F)cc1. The van der Waals surface area contributed by atoms with E-state index in [1.165, 1.54) is 18.4 Å². The van der Waals surface area contributed by atoms with E-state index in [-0.39, 0.29) is 5.75 Å². The third-order valence-electron chi connectivity index (χ3n) is 4.20. The van der Waals surface area contributed by atoms with Crippen molar-refractivity contribution in [2.45, 2.75) is 31.8 Å². The highest BCUT2D eigenvalue weighted by Gasteiger charge is 2.29.